The van der Waals surface area contributed by atoms with Gasteiger partial charge in [0, 0.05) is 6.20 Å². The third-order valence-electron chi connectivity index (χ3n) is 0.813. The molecule has 0 aliphatic carbocycles. The van der Waals surface area contributed by atoms with Crippen molar-refractivity contribution in [2.75, 3.05) is 6.66 Å². The second kappa shape index (κ2) is 2.20. The van der Waals surface area contributed by atoms with Crippen molar-refractivity contribution in [1.29, 1.82) is 0 Å². The van der Waals surface area contributed by atoms with Crippen LogP contribution in [0.2, 0.25) is 0 Å². The predicted molar refractivity (Wildman–Crippen MR) is 35.7 cm³/mol. The predicted octanol–water partition coefficient (Wildman–Crippen LogP) is 0.169. The largest absolute Gasteiger partial charge is 0.325 e. The normalized spacial score (nSPS) is 28.4. The van der Waals surface area contributed by atoms with Gasteiger partial charge >= 0.3 is 0 Å². The summed E-state index contributed by atoms with van der Waals surface area (Å²) in [6.45, 7) is 2.22. The molecule has 0 aromatic rings. The molecule has 1 heterocycles. The van der Waals surface area contributed by atoms with E-state index in [-0.39, 0.29) is 7.55 Å². The van der Waals surface area contributed by atoms with E-state index in [9.17, 15) is 0 Å². The zero-order valence-corrected chi connectivity index (χ0v) is 5.23. The average Bonchev–Trinajstić information content (AvgIpc) is 1.69. The fourth-order valence-corrected chi connectivity index (χ4v) is 1.18. The fraction of sp³-hybridized carbons (Fsp3) is 0.250. The summed E-state index contributed by atoms with van der Waals surface area (Å²) in [5, 5.41) is 0. The van der Waals surface area contributed by atoms with Crippen LogP contribution in [0, 0.1) is 0 Å². The van der Waals surface area contributed by atoms with Gasteiger partial charge in [0.15, 0.2) is 0 Å². The molecule has 0 bridgehead atoms. The van der Waals surface area contributed by atoms with E-state index in [1.54, 1.807) is 0 Å². The Bertz CT molecular complexity index is 117. The molecule has 7 heavy (non-hydrogen) atoms. The Morgan fingerprint density at radius 3 is 2.57 bits per heavy atom. The van der Waals surface area contributed by atoms with Gasteiger partial charge in [-0.2, -0.15) is 0 Å². The molecule has 0 radical (unpaired) electrons. The first-order valence-electron chi connectivity index (χ1n) is 2.24. The molecule has 0 saturated carbocycles. The summed E-state index contributed by atoms with van der Waals surface area (Å²) in [5.41, 5.74) is 5.77. The van der Waals surface area contributed by atoms with Gasteiger partial charge in [-0.3, -0.25) is 0 Å². The molecule has 3 heteroatoms. The molecule has 1 unspecified atom stereocenters. The Hall–Kier alpha value is -0.200. The summed E-state index contributed by atoms with van der Waals surface area (Å²) in [4.78, 5) is 0. The highest BCUT2D eigenvalue weighted by Crippen LogP contribution is 2.16. The third kappa shape index (κ3) is 1.38. The van der Waals surface area contributed by atoms with Crippen molar-refractivity contribution in [2.45, 2.75) is 0 Å². The maximum atomic E-state index is 2.92. The Labute approximate surface area is 44.0 Å². The highest BCUT2D eigenvalue weighted by Gasteiger charge is 1.81. The third-order valence-corrected chi connectivity index (χ3v) is 2.10. The van der Waals surface area contributed by atoms with E-state index in [0.29, 0.717) is 0 Å². The number of rotatable bonds is 0. The zero-order valence-electron chi connectivity index (χ0n) is 4.23. The van der Waals surface area contributed by atoms with Crippen LogP contribution in [0.15, 0.2) is 12.0 Å². The summed E-state index contributed by atoms with van der Waals surface area (Å²) in [6, 6.07) is 0. The van der Waals surface area contributed by atoms with Crippen LogP contribution in [0.1, 0.15) is 0 Å². The van der Waals surface area contributed by atoms with Crippen molar-refractivity contribution in [1.82, 2.24) is 10.9 Å². The van der Waals surface area contributed by atoms with Gasteiger partial charge in [-0.25, -0.2) is 5.43 Å². The van der Waals surface area contributed by atoms with Gasteiger partial charge in [0.2, 0.25) is 0 Å². The molecular formula is C4H9N2P. The Morgan fingerprint density at radius 2 is 2.29 bits per heavy atom. The van der Waals surface area contributed by atoms with Crippen LogP contribution in [0.4, 0.5) is 0 Å². The minimum Gasteiger partial charge on any atom is -0.325 e. The summed E-state index contributed by atoms with van der Waals surface area (Å²) in [5.74, 6) is 4.27. The quantitative estimate of drug-likeness (QED) is 0.441. The Balaban J connectivity index is 2.58. The van der Waals surface area contributed by atoms with Gasteiger partial charge in [-0.15, -0.1) is 0 Å². The molecule has 0 aromatic carbocycles. The first-order chi connectivity index (χ1) is 3.39. The van der Waals surface area contributed by atoms with Crippen LogP contribution in [0.25, 0.3) is 0 Å². The summed E-state index contributed by atoms with van der Waals surface area (Å²) in [6.07, 6.45) is 1.94. The molecule has 2 nitrogen and oxygen atoms in total. The van der Waals surface area contributed by atoms with Crippen LogP contribution in [0.5, 0.6) is 0 Å². The lowest BCUT2D eigenvalue weighted by Gasteiger charge is -2.03. The number of hydrazine groups is 1. The minimum atomic E-state index is -0.272. The first kappa shape index (κ1) is 4.95. The molecule has 0 aromatic heterocycles. The van der Waals surface area contributed by atoms with Crippen molar-refractivity contribution < 1.29 is 0 Å². The molecule has 1 aliphatic rings. The lowest BCUT2D eigenvalue weighted by atomic mass is 11.0. The van der Waals surface area contributed by atoms with Crippen LogP contribution in [0.3, 0.4) is 0 Å². The maximum absolute atomic E-state index is 2.92. The molecule has 0 amide bonds. The molecule has 0 fully saturated rings. The van der Waals surface area contributed by atoms with Crippen molar-refractivity contribution >= 4 is 13.5 Å². The van der Waals surface area contributed by atoms with Crippen LogP contribution in [-0.4, -0.2) is 12.6 Å². The van der Waals surface area contributed by atoms with Crippen LogP contribution >= 0.6 is 7.55 Å². The second-order valence-electron chi connectivity index (χ2n) is 1.51. The monoisotopic (exact) mass is 116 g/mol. The highest BCUT2D eigenvalue weighted by atomic mass is 31.1. The summed E-state index contributed by atoms with van der Waals surface area (Å²) >= 11 is 0. The van der Waals surface area contributed by atoms with E-state index >= 15 is 0 Å². The molecular weight excluding hydrogens is 107 g/mol. The van der Waals surface area contributed by atoms with Gasteiger partial charge < -0.3 is 5.43 Å². The van der Waals surface area contributed by atoms with Crippen molar-refractivity contribution in [3.05, 3.63) is 12.0 Å². The lowest BCUT2D eigenvalue weighted by molar-refractivity contribution is 0.842. The fourth-order valence-electron chi connectivity index (χ4n) is 0.425. The van der Waals surface area contributed by atoms with Crippen molar-refractivity contribution in [3.8, 4) is 0 Å². The molecule has 1 aliphatic heterocycles. The lowest BCUT2D eigenvalue weighted by Crippen LogP contribution is -2.25. The van der Waals surface area contributed by atoms with E-state index in [4.69, 9.17) is 0 Å². The van der Waals surface area contributed by atoms with E-state index in [1.165, 1.54) is 0 Å². The smallest absolute Gasteiger partial charge is 0.0131 e. The van der Waals surface area contributed by atoms with Crippen molar-refractivity contribution in [2.24, 2.45) is 0 Å². The van der Waals surface area contributed by atoms with Gasteiger partial charge in [0.05, 0.1) is 0 Å². The standard InChI is InChI=1S/C4H9N2P/c1-7-3-2-5-6-4-7/h2-7H,1H3. The minimum absolute atomic E-state index is 0.272. The second-order valence-corrected chi connectivity index (χ2v) is 3.62. The average molecular weight is 116 g/mol. The SMILES string of the molecule is C[PH]1=CNNC=C1. The Kier molecular flexibility index (Phi) is 1.55. The molecule has 1 atom stereocenters. The van der Waals surface area contributed by atoms with Crippen LogP contribution < -0.4 is 10.9 Å². The summed E-state index contributed by atoms with van der Waals surface area (Å²) < 4.78 is 0. The van der Waals surface area contributed by atoms with Gasteiger partial charge in [0.1, 0.15) is 0 Å². The van der Waals surface area contributed by atoms with Gasteiger partial charge in [-0.1, -0.05) is 7.55 Å². The number of nitrogens with one attached hydrogen (secondary N) is 2. The number of hydrogen-bond acceptors (Lipinski definition) is 2. The van der Waals surface area contributed by atoms with Gasteiger partial charge in [0.25, 0.3) is 0 Å². The summed E-state index contributed by atoms with van der Waals surface area (Å²) in [7, 11) is -0.272. The maximum Gasteiger partial charge on any atom is 0.0131 e. The number of hydrogen-bond donors (Lipinski definition) is 2. The van der Waals surface area contributed by atoms with E-state index in [1.807, 2.05) is 6.20 Å². The van der Waals surface area contributed by atoms with E-state index in [2.05, 4.69) is 29.3 Å². The molecule has 0 saturated heterocycles. The molecule has 1 rings (SSSR count). The first-order valence-corrected chi connectivity index (χ1v) is 4.39. The van der Waals surface area contributed by atoms with E-state index < -0.39 is 0 Å². The topological polar surface area (TPSA) is 24.1 Å². The zero-order chi connectivity index (χ0) is 5.11. The highest BCUT2D eigenvalue weighted by molar-refractivity contribution is 7.59. The van der Waals surface area contributed by atoms with Crippen molar-refractivity contribution in [3.63, 3.8) is 0 Å². The molecule has 40 valence electrons. The van der Waals surface area contributed by atoms with Gasteiger partial charge in [-0.05, 0) is 18.4 Å². The Morgan fingerprint density at radius 1 is 1.43 bits per heavy atom. The molecule has 0 spiro atoms. The van der Waals surface area contributed by atoms with E-state index in [0.717, 1.165) is 0 Å². The van der Waals surface area contributed by atoms with Crippen LogP contribution in [-0.2, 0) is 0 Å². The molecule has 2 N–H and O–H groups in total.